The summed E-state index contributed by atoms with van der Waals surface area (Å²) in [7, 11) is 1.53. The molecule has 0 aliphatic carbocycles. The lowest BCUT2D eigenvalue weighted by Crippen LogP contribution is -2.10. The second kappa shape index (κ2) is 6.50. The van der Waals surface area contributed by atoms with Crippen molar-refractivity contribution in [3.8, 4) is 0 Å². The van der Waals surface area contributed by atoms with Gasteiger partial charge < -0.3 is 9.15 Å². The van der Waals surface area contributed by atoms with Crippen molar-refractivity contribution >= 4 is 34.1 Å². The van der Waals surface area contributed by atoms with E-state index in [2.05, 4.69) is 10.3 Å². The number of carbonyl (C=O) groups excluding carboxylic acids is 1. The molecule has 21 heavy (non-hydrogen) atoms. The van der Waals surface area contributed by atoms with Crippen molar-refractivity contribution in [2.45, 2.75) is 17.2 Å². The van der Waals surface area contributed by atoms with Crippen LogP contribution in [0.25, 0.3) is 0 Å². The monoisotopic (exact) mass is 338 g/mol. The van der Waals surface area contributed by atoms with Crippen LogP contribution in [0.4, 0.5) is 18.3 Å². The minimum absolute atomic E-state index is 0.217. The zero-order valence-corrected chi connectivity index (χ0v) is 12.2. The zero-order valence-electron chi connectivity index (χ0n) is 10.6. The summed E-state index contributed by atoms with van der Waals surface area (Å²) in [5.41, 5.74) is -4.46. The zero-order chi connectivity index (χ0) is 15.5. The summed E-state index contributed by atoms with van der Waals surface area (Å²) in [5.74, 6) is -0.882. The van der Waals surface area contributed by atoms with Gasteiger partial charge in [-0.05, 0) is 12.1 Å². The summed E-state index contributed by atoms with van der Waals surface area (Å²) in [5, 5.41) is 2.36. The Morgan fingerprint density at radius 1 is 1.52 bits per heavy atom. The normalized spacial score (nSPS) is 11.6. The van der Waals surface area contributed by atoms with Gasteiger partial charge in [0, 0.05) is 25.1 Å². The van der Waals surface area contributed by atoms with E-state index < -0.39 is 28.3 Å². The summed E-state index contributed by atoms with van der Waals surface area (Å²) in [6.07, 6.45) is 1.54. The number of hydrogen-bond donors (Lipinski definition) is 1. The van der Waals surface area contributed by atoms with Gasteiger partial charge in [0.15, 0.2) is 16.0 Å². The lowest BCUT2D eigenvalue weighted by molar-refractivity contribution is -0.0335. The van der Waals surface area contributed by atoms with E-state index in [1.807, 2.05) is 0 Å². The number of alkyl halides is 3. The first-order chi connectivity index (χ1) is 9.87. The molecule has 0 atom stereocenters. The molecular weight excluding hydrogens is 329 g/mol. The molecule has 0 saturated carbocycles. The van der Waals surface area contributed by atoms with Gasteiger partial charge in [-0.25, -0.2) is 4.98 Å². The highest BCUT2D eigenvalue weighted by Crippen LogP contribution is 2.37. The van der Waals surface area contributed by atoms with Crippen molar-refractivity contribution in [3.63, 3.8) is 0 Å². The van der Waals surface area contributed by atoms with Crippen molar-refractivity contribution in [2.24, 2.45) is 0 Å². The van der Waals surface area contributed by atoms with E-state index in [0.717, 1.165) is 10.9 Å². The lowest BCUT2D eigenvalue weighted by Gasteiger charge is -2.01. The van der Waals surface area contributed by atoms with Crippen LogP contribution in [-0.2, 0) is 11.3 Å². The number of amides is 1. The number of methoxy groups -OCH3 is 1. The summed E-state index contributed by atoms with van der Waals surface area (Å²) < 4.78 is 46.2. The molecule has 0 bridgehead atoms. The Balaban J connectivity index is 1.99. The Morgan fingerprint density at radius 2 is 2.29 bits per heavy atom. The Kier molecular flexibility index (Phi) is 4.91. The van der Waals surface area contributed by atoms with Gasteiger partial charge in [-0.15, -0.1) is 0 Å². The van der Waals surface area contributed by atoms with Crippen LogP contribution in [-0.4, -0.2) is 23.5 Å². The average molecular weight is 338 g/mol. The number of thiazole rings is 1. The molecule has 0 radical (unpaired) electrons. The van der Waals surface area contributed by atoms with Crippen LogP contribution in [0.1, 0.15) is 15.4 Å². The van der Waals surface area contributed by atoms with E-state index in [1.165, 1.54) is 30.7 Å². The minimum Gasteiger partial charge on any atom is -0.444 e. The van der Waals surface area contributed by atoms with Crippen LogP contribution in [0.15, 0.2) is 27.8 Å². The molecular formula is C11H9F3N2O3S2. The second-order valence-corrected chi connectivity index (χ2v) is 5.87. The third kappa shape index (κ3) is 4.76. The number of nitrogens with one attached hydrogen (secondary N) is 1. The maximum atomic E-state index is 12.2. The molecule has 10 heteroatoms. The largest absolute Gasteiger partial charge is 0.449 e. The number of aromatic nitrogens is 1. The Bertz CT molecular complexity index is 624. The van der Waals surface area contributed by atoms with Crippen molar-refractivity contribution in [2.75, 3.05) is 12.4 Å². The van der Waals surface area contributed by atoms with Gasteiger partial charge in [0.05, 0.1) is 11.5 Å². The second-order valence-electron chi connectivity index (χ2n) is 3.69. The van der Waals surface area contributed by atoms with Crippen LogP contribution in [0.3, 0.4) is 0 Å². The quantitative estimate of drug-likeness (QED) is 0.841. The molecule has 0 aliphatic heterocycles. The van der Waals surface area contributed by atoms with E-state index in [9.17, 15) is 18.0 Å². The number of carbonyl (C=O) groups is 1. The maximum Gasteiger partial charge on any atom is 0.449 e. The van der Waals surface area contributed by atoms with Gasteiger partial charge in [0.2, 0.25) is 0 Å². The molecule has 1 amide bonds. The topological polar surface area (TPSA) is 64.4 Å². The fourth-order valence-corrected chi connectivity index (χ4v) is 2.62. The minimum atomic E-state index is -4.46. The number of furan rings is 1. The van der Waals surface area contributed by atoms with Crippen molar-refractivity contribution in [1.82, 2.24) is 4.98 Å². The van der Waals surface area contributed by atoms with Gasteiger partial charge in [-0.2, -0.15) is 13.2 Å². The van der Waals surface area contributed by atoms with Crippen LogP contribution in [0.2, 0.25) is 0 Å². The molecule has 0 saturated heterocycles. The number of nitrogens with zero attached hydrogens (tertiary/aromatic N) is 1. The third-order valence-electron chi connectivity index (χ3n) is 2.08. The highest BCUT2D eigenvalue weighted by Gasteiger charge is 2.31. The molecule has 0 aliphatic rings. The number of rotatable bonds is 5. The summed E-state index contributed by atoms with van der Waals surface area (Å²) in [4.78, 5) is 16.6. The first kappa shape index (κ1) is 15.9. The fourth-order valence-electron chi connectivity index (χ4n) is 1.34. The van der Waals surface area contributed by atoms with E-state index in [1.54, 1.807) is 0 Å². The van der Waals surface area contributed by atoms with Gasteiger partial charge in [-0.3, -0.25) is 10.1 Å². The number of anilines is 1. The maximum absolute atomic E-state index is 12.2. The number of hydrogen-bond acceptors (Lipinski definition) is 6. The molecule has 0 unspecified atom stereocenters. The molecule has 0 spiro atoms. The highest BCUT2D eigenvalue weighted by molar-refractivity contribution is 8.00. The molecule has 5 nitrogen and oxygen atoms in total. The molecule has 114 valence electrons. The number of ether oxygens (including phenoxy) is 1. The Labute approximate surface area is 125 Å². The van der Waals surface area contributed by atoms with E-state index >= 15 is 0 Å². The van der Waals surface area contributed by atoms with Crippen molar-refractivity contribution in [1.29, 1.82) is 0 Å². The molecule has 0 fully saturated rings. The highest BCUT2D eigenvalue weighted by atomic mass is 32.2. The smallest absolute Gasteiger partial charge is 0.444 e. The van der Waals surface area contributed by atoms with E-state index in [-0.39, 0.29) is 5.76 Å². The number of thioether (sulfide) groups is 1. The molecule has 0 aromatic carbocycles. The van der Waals surface area contributed by atoms with Crippen LogP contribution < -0.4 is 5.32 Å². The standard InChI is InChI=1S/C11H9F3N2O3S2/c1-18-5-6-4-15-10(20-6)16-9(17)7-2-3-8(19-7)21-11(12,13)14/h2-4H,5H2,1H3,(H,15,16,17). The Hall–Kier alpha value is -1.52. The van der Waals surface area contributed by atoms with Gasteiger partial charge >= 0.3 is 5.51 Å². The van der Waals surface area contributed by atoms with Gasteiger partial charge in [-0.1, -0.05) is 11.3 Å². The van der Waals surface area contributed by atoms with Crippen molar-refractivity contribution in [3.05, 3.63) is 29.0 Å². The van der Waals surface area contributed by atoms with Gasteiger partial charge in [0.25, 0.3) is 5.91 Å². The molecule has 2 aromatic rings. The summed E-state index contributed by atoms with van der Waals surface area (Å²) in [6.45, 7) is 0.362. The lowest BCUT2D eigenvalue weighted by atomic mass is 10.4. The van der Waals surface area contributed by atoms with Crippen LogP contribution >= 0.6 is 23.1 Å². The first-order valence-corrected chi connectivity index (χ1v) is 7.11. The predicted molar refractivity (Wildman–Crippen MR) is 71.4 cm³/mol. The van der Waals surface area contributed by atoms with Crippen LogP contribution in [0, 0.1) is 0 Å². The summed E-state index contributed by atoms with van der Waals surface area (Å²) >= 11 is 0.782. The Morgan fingerprint density at radius 3 is 2.95 bits per heavy atom. The third-order valence-corrected chi connectivity index (χ3v) is 3.62. The first-order valence-electron chi connectivity index (χ1n) is 5.48. The predicted octanol–water partition coefficient (Wildman–Crippen LogP) is 3.75. The molecule has 2 heterocycles. The molecule has 1 N–H and O–H groups in total. The van der Waals surface area contributed by atoms with E-state index in [0.29, 0.717) is 11.7 Å². The van der Waals surface area contributed by atoms with Crippen LogP contribution in [0.5, 0.6) is 0 Å². The SMILES string of the molecule is COCc1cnc(NC(=O)c2ccc(SC(F)(F)F)o2)s1. The van der Waals surface area contributed by atoms with Gasteiger partial charge in [0.1, 0.15) is 0 Å². The average Bonchev–Trinajstić information content (AvgIpc) is 2.97. The molecule has 2 rings (SSSR count). The fraction of sp³-hybridized carbons (Fsp3) is 0.273. The summed E-state index contributed by atoms with van der Waals surface area (Å²) in [6, 6.07) is 2.26. The number of halogens is 3. The van der Waals surface area contributed by atoms with Crippen molar-refractivity contribution < 1.29 is 27.1 Å². The van der Waals surface area contributed by atoms with E-state index in [4.69, 9.17) is 9.15 Å². The molecule has 2 aromatic heterocycles.